The lowest BCUT2D eigenvalue weighted by atomic mass is 10.1. The predicted octanol–water partition coefficient (Wildman–Crippen LogP) is 1.79. The van der Waals surface area contributed by atoms with Crippen molar-refractivity contribution in [2.45, 2.75) is 70.7 Å². The van der Waals surface area contributed by atoms with Crippen LogP contribution in [0.5, 0.6) is 0 Å². The molecule has 6 nitrogen and oxygen atoms in total. The molecule has 1 aliphatic rings. The summed E-state index contributed by atoms with van der Waals surface area (Å²) in [6, 6.07) is -0.482. The van der Waals surface area contributed by atoms with Crippen LogP contribution in [-0.2, 0) is 9.53 Å². The average Bonchev–Trinajstić information content (AvgIpc) is 2.75. The fraction of sp³-hybridized carbons (Fsp3) is 0.750. The van der Waals surface area contributed by atoms with Crippen molar-refractivity contribution in [2.24, 2.45) is 5.73 Å². The zero-order valence-corrected chi connectivity index (χ0v) is 14.1. The summed E-state index contributed by atoms with van der Waals surface area (Å²) in [4.78, 5) is 26.4. The minimum atomic E-state index is -0.761. The number of rotatable bonds is 5. The molecule has 2 amide bonds. The van der Waals surface area contributed by atoms with Crippen molar-refractivity contribution < 1.29 is 14.3 Å². The summed E-state index contributed by atoms with van der Waals surface area (Å²) in [6.07, 6.45) is 3.85. The molecule has 0 aromatic heterocycles. The summed E-state index contributed by atoms with van der Waals surface area (Å²) in [5, 5.41) is 2.58. The van der Waals surface area contributed by atoms with Crippen molar-refractivity contribution in [2.75, 3.05) is 6.54 Å². The molecule has 0 spiro atoms. The van der Waals surface area contributed by atoms with E-state index >= 15 is 0 Å². The number of amides is 2. The van der Waals surface area contributed by atoms with Gasteiger partial charge in [0.05, 0.1) is 0 Å². The van der Waals surface area contributed by atoms with E-state index in [-0.39, 0.29) is 24.5 Å². The van der Waals surface area contributed by atoms with Crippen LogP contribution >= 0.6 is 0 Å². The number of nitrogens with zero attached hydrogens (tertiary/aromatic N) is 1. The van der Waals surface area contributed by atoms with Crippen LogP contribution in [0.25, 0.3) is 0 Å². The summed E-state index contributed by atoms with van der Waals surface area (Å²) < 4.78 is 5.19. The molecule has 0 aromatic rings. The largest absolute Gasteiger partial charge is 0.444 e. The quantitative estimate of drug-likeness (QED) is 0.758. The first-order valence-electron chi connectivity index (χ1n) is 7.82. The van der Waals surface area contributed by atoms with E-state index in [9.17, 15) is 9.59 Å². The van der Waals surface area contributed by atoms with Gasteiger partial charge in [-0.05, 0) is 47.0 Å². The normalized spacial score (nSPS) is 23.0. The summed E-state index contributed by atoms with van der Waals surface area (Å²) in [5.41, 5.74) is 5.07. The van der Waals surface area contributed by atoms with Crippen molar-refractivity contribution >= 4 is 12.0 Å². The van der Waals surface area contributed by atoms with Crippen LogP contribution in [0.4, 0.5) is 4.79 Å². The SMILES string of the molecule is C=CCC1CCC(C)N1C(=O)C(CN)NC(=O)OC(C)(C)C. The van der Waals surface area contributed by atoms with Crippen molar-refractivity contribution in [3.05, 3.63) is 12.7 Å². The second-order valence-electron chi connectivity index (χ2n) is 6.78. The van der Waals surface area contributed by atoms with E-state index in [0.717, 1.165) is 19.3 Å². The molecule has 22 heavy (non-hydrogen) atoms. The molecule has 0 radical (unpaired) electrons. The van der Waals surface area contributed by atoms with Crippen LogP contribution in [0, 0.1) is 0 Å². The fourth-order valence-corrected chi connectivity index (χ4v) is 2.74. The number of carbonyl (C=O) groups is 2. The van der Waals surface area contributed by atoms with Crippen LogP contribution < -0.4 is 11.1 Å². The highest BCUT2D eigenvalue weighted by atomic mass is 16.6. The molecule has 0 bridgehead atoms. The van der Waals surface area contributed by atoms with E-state index in [2.05, 4.69) is 11.9 Å². The molecule has 126 valence electrons. The molecule has 0 aliphatic carbocycles. The van der Waals surface area contributed by atoms with Crippen molar-refractivity contribution in [3.8, 4) is 0 Å². The number of nitrogens with two attached hydrogens (primary N) is 1. The van der Waals surface area contributed by atoms with Gasteiger partial charge in [-0.25, -0.2) is 4.79 Å². The maximum atomic E-state index is 12.7. The fourth-order valence-electron chi connectivity index (χ4n) is 2.74. The zero-order chi connectivity index (χ0) is 16.9. The van der Waals surface area contributed by atoms with Crippen molar-refractivity contribution in [1.82, 2.24) is 10.2 Å². The van der Waals surface area contributed by atoms with Crippen LogP contribution in [0.3, 0.4) is 0 Å². The molecule has 3 N–H and O–H groups in total. The molecule has 0 saturated carbocycles. The van der Waals surface area contributed by atoms with Gasteiger partial charge in [-0.15, -0.1) is 6.58 Å². The molecule has 6 heteroatoms. The Hall–Kier alpha value is -1.56. The molecule has 1 saturated heterocycles. The molecular formula is C16H29N3O3. The Morgan fingerprint density at radius 1 is 1.45 bits per heavy atom. The first-order valence-corrected chi connectivity index (χ1v) is 7.82. The van der Waals surface area contributed by atoms with Gasteiger partial charge in [0.15, 0.2) is 0 Å². The van der Waals surface area contributed by atoms with Crippen LogP contribution in [0.2, 0.25) is 0 Å². The molecule has 3 unspecified atom stereocenters. The smallest absolute Gasteiger partial charge is 0.408 e. The number of carbonyl (C=O) groups excluding carboxylic acids is 2. The predicted molar refractivity (Wildman–Crippen MR) is 86.4 cm³/mol. The summed E-state index contributed by atoms with van der Waals surface area (Å²) in [7, 11) is 0. The summed E-state index contributed by atoms with van der Waals surface area (Å²) >= 11 is 0. The zero-order valence-electron chi connectivity index (χ0n) is 14.1. The Bertz CT molecular complexity index is 417. The molecule has 1 fully saturated rings. The highest BCUT2D eigenvalue weighted by molar-refractivity contribution is 5.86. The van der Waals surface area contributed by atoms with E-state index in [4.69, 9.17) is 10.5 Å². The molecule has 3 atom stereocenters. The van der Waals surface area contributed by atoms with Gasteiger partial charge in [-0.2, -0.15) is 0 Å². The average molecular weight is 311 g/mol. The Morgan fingerprint density at radius 2 is 2.09 bits per heavy atom. The van der Waals surface area contributed by atoms with Crippen LogP contribution in [-0.4, -0.2) is 47.2 Å². The van der Waals surface area contributed by atoms with Gasteiger partial charge in [-0.1, -0.05) is 6.08 Å². The van der Waals surface area contributed by atoms with Gasteiger partial charge in [0.25, 0.3) is 0 Å². The van der Waals surface area contributed by atoms with E-state index in [1.807, 2.05) is 17.9 Å². The maximum absolute atomic E-state index is 12.7. The van der Waals surface area contributed by atoms with Crippen molar-refractivity contribution in [3.63, 3.8) is 0 Å². The lowest BCUT2D eigenvalue weighted by Gasteiger charge is -2.32. The summed E-state index contributed by atoms with van der Waals surface area (Å²) in [5.74, 6) is -0.148. The lowest BCUT2D eigenvalue weighted by molar-refractivity contribution is -0.135. The second kappa shape index (κ2) is 7.63. The van der Waals surface area contributed by atoms with Gasteiger partial charge >= 0.3 is 6.09 Å². The van der Waals surface area contributed by atoms with Gasteiger partial charge < -0.3 is 20.7 Å². The standard InChI is InChI=1S/C16H29N3O3/c1-6-7-12-9-8-11(2)19(12)14(20)13(10-17)18-15(21)22-16(3,4)5/h6,11-13H,1,7-10,17H2,2-5H3,(H,18,21). The molecular weight excluding hydrogens is 282 g/mol. The van der Waals surface area contributed by atoms with E-state index in [1.54, 1.807) is 20.8 Å². The van der Waals surface area contributed by atoms with Crippen molar-refractivity contribution in [1.29, 1.82) is 0 Å². The third kappa shape index (κ3) is 5.02. The maximum Gasteiger partial charge on any atom is 0.408 e. The van der Waals surface area contributed by atoms with Gasteiger partial charge in [-0.3, -0.25) is 4.79 Å². The number of nitrogens with one attached hydrogen (secondary N) is 1. The summed E-state index contributed by atoms with van der Waals surface area (Å²) in [6.45, 7) is 11.1. The third-order valence-corrected chi connectivity index (χ3v) is 3.70. The monoisotopic (exact) mass is 311 g/mol. The first kappa shape index (κ1) is 18.5. The molecule has 0 aromatic carbocycles. The number of ether oxygens (including phenoxy) is 1. The Labute approximate surface area is 133 Å². The highest BCUT2D eigenvalue weighted by Crippen LogP contribution is 2.27. The van der Waals surface area contributed by atoms with Gasteiger partial charge in [0.2, 0.25) is 5.91 Å². The molecule has 1 aliphatic heterocycles. The minimum absolute atomic E-state index is 0.0438. The van der Waals surface area contributed by atoms with Gasteiger partial charge in [0.1, 0.15) is 11.6 Å². The Morgan fingerprint density at radius 3 is 2.59 bits per heavy atom. The van der Waals surface area contributed by atoms with E-state index < -0.39 is 17.7 Å². The Balaban J connectivity index is 2.74. The second-order valence-corrected chi connectivity index (χ2v) is 6.78. The number of alkyl carbamates (subject to hydrolysis) is 1. The minimum Gasteiger partial charge on any atom is -0.444 e. The third-order valence-electron chi connectivity index (χ3n) is 3.70. The highest BCUT2D eigenvalue weighted by Gasteiger charge is 2.37. The van der Waals surface area contributed by atoms with Crippen LogP contribution in [0.1, 0.15) is 47.0 Å². The molecule has 1 heterocycles. The number of hydrogen-bond donors (Lipinski definition) is 2. The molecule has 1 rings (SSSR count). The van der Waals surface area contributed by atoms with E-state index in [1.165, 1.54) is 0 Å². The lowest BCUT2D eigenvalue weighted by Crippen LogP contribution is -2.55. The first-order chi connectivity index (χ1) is 10.2. The topological polar surface area (TPSA) is 84.7 Å². The van der Waals surface area contributed by atoms with Gasteiger partial charge in [0, 0.05) is 18.6 Å². The Kier molecular flexibility index (Phi) is 6.41. The van der Waals surface area contributed by atoms with E-state index in [0.29, 0.717) is 0 Å². The van der Waals surface area contributed by atoms with Crippen LogP contribution in [0.15, 0.2) is 12.7 Å². The number of hydrogen-bond acceptors (Lipinski definition) is 4. The number of likely N-dealkylation sites (tertiary alicyclic amines) is 1.